The average Bonchev–Trinajstić information content (AvgIpc) is 3.46. The molecule has 0 aliphatic carbocycles. The van der Waals surface area contributed by atoms with E-state index in [-0.39, 0.29) is 16.7 Å². The Morgan fingerprint density at radius 2 is 1.50 bits per heavy atom. The van der Waals surface area contributed by atoms with Crippen LogP contribution in [0.25, 0.3) is 10.9 Å². The summed E-state index contributed by atoms with van der Waals surface area (Å²) in [4.78, 5) is 38.9. The molecule has 1 amide bonds. The Morgan fingerprint density at radius 3 is 2.08 bits per heavy atom. The summed E-state index contributed by atoms with van der Waals surface area (Å²) in [5.74, 6) is -0.465. The molecule has 3 N–H and O–H groups in total. The number of nitrogens with zero attached hydrogens (tertiary/aromatic N) is 4. The first-order valence-electron chi connectivity index (χ1n) is 15.8. The maximum absolute atomic E-state index is 12.9. The van der Waals surface area contributed by atoms with Gasteiger partial charge in [0.2, 0.25) is 5.91 Å². The largest absolute Gasteiger partial charge is 0.494 e. The number of aromatic amines is 1. The third kappa shape index (κ3) is 8.81. The van der Waals surface area contributed by atoms with Gasteiger partial charge in [-0.25, -0.2) is 9.79 Å². The van der Waals surface area contributed by atoms with E-state index in [4.69, 9.17) is 14.3 Å². The number of carbonyl (C=O) groups excluding carboxylic acids is 2. The molecule has 0 radical (unpaired) electrons. The Hall–Kier alpha value is -5.34. The first kappa shape index (κ1) is 36.0. The Bertz CT molecular complexity index is 2080. The van der Waals surface area contributed by atoms with Gasteiger partial charge in [-0.3, -0.25) is 14.2 Å². The minimum absolute atomic E-state index is 0.0424. The lowest BCUT2D eigenvalue weighted by molar-refractivity contribution is -0.119. The number of benzene rings is 4. The van der Waals surface area contributed by atoms with Crippen LogP contribution in [0.5, 0.6) is 5.88 Å². The summed E-state index contributed by atoms with van der Waals surface area (Å²) < 4.78 is 34.1. The van der Waals surface area contributed by atoms with Crippen LogP contribution in [0.4, 0.5) is 11.4 Å². The summed E-state index contributed by atoms with van der Waals surface area (Å²) in [6.07, 6.45) is 0. The Morgan fingerprint density at radius 1 is 0.880 bits per heavy atom. The van der Waals surface area contributed by atoms with Gasteiger partial charge < -0.3 is 24.6 Å². The summed E-state index contributed by atoms with van der Waals surface area (Å²) in [6.45, 7) is 4.09. The van der Waals surface area contributed by atoms with Gasteiger partial charge in [0.05, 0.1) is 41.1 Å². The van der Waals surface area contributed by atoms with Gasteiger partial charge in [-0.05, 0) is 55.6 Å². The minimum atomic E-state index is -4.00. The standard InChI is InChI=1S/C31H33N5O4.C6H6O3S/c1-34-15-17-36(18-16-34)20-27(37)35(2)24-12-10-23(11-13-24)32-29(21-7-5-4-6-8-21)28-25-14-9-22(31(39)40-3)19-26(25)33-30(28)38;7-10(8,9)6-4-2-1-3-5-6/h4-14,19,33,38H,15-18,20H2,1-3H3;1-5H,(H,7,8,9). The molecule has 1 aliphatic heterocycles. The molecule has 1 aromatic heterocycles. The first-order valence-corrected chi connectivity index (χ1v) is 17.3. The van der Waals surface area contributed by atoms with Crippen molar-refractivity contribution < 1.29 is 32.4 Å². The van der Waals surface area contributed by atoms with Crippen molar-refractivity contribution in [3.05, 3.63) is 120 Å². The molecule has 1 saturated heterocycles. The van der Waals surface area contributed by atoms with Gasteiger partial charge in [-0.1, -0.05) is 54.6 Å². The second kappa shape index (κ2) is 15.9. The molecule has 13 heteroatoms. The third-order valence-electron chi connectivity index (χ3n) is 8.33. The van der Waals surface area contributed by atoms with Gasteiger partial charge in [0.15, 0.2) is 5.88 Å². The number of methoxy groups -OCH3 is 1. The van der Waals surface area contributed by atoms with E-state index in [9.17, 15) is 23.1 Å². The Labute approximate surface area is 291 Å². The third-order valence-corrected chi connectivity index (χ3v) is 9.20. The second-order valence-corrected chi connectivity index (χ2v) is 13.2. The van der Waals surface area contributed by atoms with E-state index in [1.807, 2.05) is 54.6 Å². The summed E-state index contributed by atoms with van der Waals surface area (Å²) >= 11 is 0. The quantitative estimate of drug-likeness (QED) is 0.116. The van der Waals surface area contributed by atoms with E-state index in [2.05, 4.69) is 21.8 Å². The number of aromatic hydroxyl groups is 1. The normalized spacial score (nSPS) is 14.1. The molecular weight excluding hydrogens is 659 g/mol. The van der Waals surface area contributed by atoms with Crippen molar-refractivity contribution in [3.8, 4) is 5.88 Å². The number of rotatable bonds is 8. The number of aromatic nitrogens is 1. The second-order valence-electron chi connectivity index (χ2n) is 11.8. The van der Waals surface area contributed by atoms with Gasteiger partial charge in [0.25, 0.3) is 10.1 Å². The lowest BCUT2D eigenvalue weighted by Crippen LogP contribution is -2.48. The Kier molecular flexibility index (Phi) is 11.4. The number of amides is 1. The predicted octanol–water partition coefficient (Wildman–Crippen LogP) is 4.97. The van der Waals surface area contributed by atoms with Crippen LogP contribution >= 0.6 is 0 Å². The molecular formula is C37H39N5O7S. The van der Waals surface area contributed by atoms with Crippen molar-refractivity contribution in [2.45, 2.75) is 4.90 Å². The number of fused-ring (bicyclic) bond motifs is 1. The highest BCUT2D eigenvalue weighted by molar-refractivity contribution is 7.85. The van der Waals surface area contributed by atoms with Crippen LogP contribution in [0.2, 0.25) is 0 Å². The number of piperazine rings is 1. The number of anilines is 1. The fourth-order valence-electron chi connectivity index (χ4n) is 5.45. The molecule has 4 aromatic carbocycles. The maximum atomic E-state index is 12.9. The van der Waals surface area contributed by atoms with E-state index in [1.165, 1.54) is 19.2 Å². The number of hydrogen-bond acceptors (Lipinski definition) is 9. The number of aliphatic imine (C=N–C) groups is 1. The molecule has 0 unspecified atom stereocenters. The highest BCUT2D eigenvalue weighted by Crippen LogP contribution is 2.32. The minimum Gasteiger partial charge on any atom is -0.494 e. The van der Waals surface area contributed by atoms with Crippen molar-refractivity contribution in [2.75, 3.05) is 58.8 Å². The van der Waals surface area contributed by atoms with Crippen LogP contribution in [0.3, 0.4) is 0 Å². The Balaban J connectivity index is 0.000000418. The smallest absolute Gasteiger partial charge is 0.337 e. The highest BCUT2D eigenvalue weighted by Gasteiger charge is 2.21. The molecule has 0 saturated carbocycles. The van der Waals surface area contributed by atoms with Gasteiger partial charge in [0.1, 0.15) is 0 Å². The van der Waals surface area contributed by atoms with Gasteiger partial charge in [-0.2, -0.15) is 8.42 Å². The monoisotopic (exact) mass is 697 g/mol. The van der Waals surface area contributed by atoms with Gasteiger partial charge >= 0.3 is 5.97 Å². The van der Waals surface area contributed by atoms with Crippen molar-refractivity contribution >= 4 is 50.0 Å². The highest BCUT2D eigenvalue weighted by atomic mass is 32.2. The first-order chi connectivity index (χ1) is 23.9. The fraction of sp³-hybridized carbons (Fsp3) is 0.216. The van der Waals surface area contributed by atoms with Crippen molar-refractivity contribution in [1.29, 1.82) is 0 Å². The van der Waals surface area contributed by atoms with Crippen LogP contribution in [0.15, 0.2) is 113 Å². The van der Waals surface area contributed by atoms with Gasteiger partial charge in [-0.15, -0.1) is 0 Å². The number of carbonyl (C=O) groups is 2. The zero-order valence-electron chi connectivity index (χ0n) is 28.0. The number of esters is 1. The lowest BCUT2D eigenvalue weighted by Gasteiger charge is -2.32. The molecule has 50 heavy (non-hydrogen) atoms. The zero-order chi connectivity index (χ0) is 35.8. The molecule has 6 rings (SSSR count). The van der Waals surface area contributed by atoms with E-state index in [0.29, 0.717) is 34.6 Å². The molecule has 5 aromatic rings. The molecule has 0 atom stereocenters. The summed E-state index contributed by atoms with van der Waals surface area (Å²) in [6, 6.07) is 29.6. The predicted molar refractivity (Wildman–Crippen MR) is 193 cm³/mol. The van der Waals surface area contributed by atoms with Crippen LogP contribution in [-0.4, -0.2) is 104 Å². The number of hydrogen-bond donors (Lipinski definition) is 3. The molecule has 0 spiro atoms. The lowest BCUT2D eigenvalue weighted by atomic mass is 10.00. The molecule has 2 heterocycles. The van der Waals surface area contributed by atoms with Crippen molar-refractivity contribution in [1.82, 2.24) is 14.8 Å². The topological polar surface area (TPSA) is 156 Å². The van der Waals surface area contributed by atoms with Crippen LogP contribution in [0, 0.1) is 0 Å². The average molecular weight is 698 g/mol. The number of H-pyrrole nitrogens is 1. The molecule has 0 bridgehead atoms. The van der Waals surface area contributed by atoms with Crippen molar-refractivity contribution in [2.24, 2.45) is 4.99 Å². The number of likely N-dealkylation sites (N-methyl/N-ethyl adjacent to an activating group) is 2. The van der Waals surface area contributed by atoms with E-state index >= 15 is 0 Å². The molecule has 1 fully saturated rings. The van der Waals surface area contributed by atoms with Gasteiger partial charge in [0, 0.05) is 55.4 Å². The summed E-state index contributed by atoms with van der Waals surface area (Å²) in [5.41, 5.74) is 4.34. The zero-order valence-corrected chi connectivity index (χ0v) is 28.8. The number of nitrogens with one attached hydrogen (secondary N) is 1. The molecule has 1 aliphatic rings. The van der Waals surface area contributed by atoms with Crippen LogP contribution < -0.4 is 4.90 Å². The van der Waals surface area contributed by atoms with Crippen LogP contribution in [0.1, 0.15) is 21.5 Å². The van der Waals surface area contributed by atoms with E-state index in [0.717, 1.165) is 42.8 Å². The molecule has 12 nitrogen and oxygen atoms in total. The SMILES string of the molecule is COC(=O)c1ccc2c(C(=Nc3ccc(N(C)C(=O)CN4CCN(C)CC4)cc3)c3ccccc3)c(O)[nH]c2c1.O=S(=O)(O)c1ccccc1. The van der Waals surface area contributed by atoms with Crippen LogP contribution in [-0.2, 0) is 19.6 Å². The number of ether oxygens (including phenoxy) is 1. The van der Waals surface area contributed by atoms with E-state index < -0.39 is 16.1 Å². The fourth-order valence-corrected chi connectivity index (χ4v) is 5.95. The van der Waals surface area contributed by atoms with E-state index in [1.54, 1.807) is 48.3 Å². The molecule has 260 valence electrons. The maximum Gasteiger partial charge on any atom is 0.337 e. The summed E-state index contributed by atoms with van der Waals surface area (Å²) in [5, 5.41) is 11.7. The van der Waals surface area contributed by atoms with Crippen molar-refractivity contribution in [3.63, 3.8) is 0 Å². The summed E-state index contributed by atoms with van der Waals surface area (Å²) in [7, 11) is 1.21.